The average Bonchev–Trinajstić information content (AvgIpc) is 2.91. The van der Waals surface area contributed by atoms with Crippen LogP contribution in [0.3, 0.4) is 0 Å². The zero-order valence-corrected chi connectivity index (χ0v) is 16.1. The van der Waals surface area contributed by atoms with Crippen LogP contribution in [0.5, 0.6) is 0 Å². The van der Waals surface area contributed by atoms with Crippen LogP contribution in [-0.4, -0.2) is 16.9 Å². The molecule has 0 saturated carbocycles. The van der Waals surface area contributed by atoms with E-state index in [0.717, 1.165) is 22.5 Å². The van der Waals surface area contributed by atoms with Crippen molar-refractivity contribution < 1.29 is 18.3 Å². The largest absolute Gasteiger partial charge is 0.421 e. The minimum Gasteiger partial charge on any atom is -0.376 e. The second-order valence-electron chi connectivity index (χ2n) is 6.33. The zero-order valence-electron chi connectivity index (χ0n) is 13.7. The second-order valence-corrected chi connectivity index (χ2v) is 7.69. The highest BCUT2D eigenvalue weighted by atomic mass is 79.9. The Labute approximate surface area is 162 Å². The number of rotatable bonds is 3. The highest BCUT2D eigenvalue weighted by Crippen LogP contribution is 2.47. The van der Waals surface area contributed by atoms with Gasteiger partial charge in [-0.2, -0.15) is 13.2 Å². The Morgan fingerprint density at radius 1 is 1.08 bits per heavy atom. The fraction of sp³-hybridized carbons (Fsp3) is 0.200. The molecule has 0 aliphatic heterocycles. The monoisotopic (exact) mass is 442 g/mol. The van der Waals surface area contributed by atoms with Gasteiger partial charge in [-0.15, -0.1) is 0 Å². The molecule has 1 unspecified atom stereocenters. The summed E-state index contributed by atoms with van der Waals surface area (Å²) in [6, 6.07) is 12.0. The quantitative estimate of drug-likeness (QED) is 0.579. The van der Waals surface area contributed by atoms with Crippen LogP contribution < -0.4 is 0 Å². The molecule has 0 bridgehead atoms. The summed E-state index contributed by atoms with van der Waals surface area (Å²) < 4.78 is 41.3. The highest BCUT2D eigenvalue weighted by molar-refractivity contribution is 9.10. The number of alkyl halides is 3. The van der Waals surface area contributed by atoms with E-state index in [1.165, 1.54) is 0 Å². The first-order chi connectivity index (χ1) is 12.1. The van der Waals surface area contributed by atoms with E-state index in [9.17, 15) is 18.3 Å². The van der Waals surface area contributed by atoms with E-state index >= 15 is 0 Å². The molecule has 0 fully saturated rings. The molecule has 0 amide bonds. The molecule has 0 saturated heterocycles. The molecule has 1 nitrogen and oxygen atoms in total. The van der Waals surface area contributed by atoms with Crippen LogP contribution in [0.25, 0.3) is 11.6 Å². The van der Waals surface area contributed by atoms with Crippen LogP contribution in [0, 0.1) is 0 Å². The van der Waals surface area contributed by atoms with Crippen molar-refractivity contribution >= 4 is 39.2 Å². The Morgan fingerprint density at radius 2 is 1.73 bits per heavy atom. The van der Waals surface area contributed by atoms with E-state index in [2.05, 4.69) is 15.9 Å². The number of benzene rings is 2. The number of allylic oxidation sites excluding steroid dienone is 2. The van der Waals surface area contributed by atoms with Crippen LogP contribution in [0.1, 0.15) is 23.6 Å². The Balaban J connectivity index is 2.09. The fourth-order valence-corrected chi connectivity index (χ4v) is 3.58. The predicted molar refractivity (Wildman–Crippen MR) is 102 cm³/mol. The maximum absolute atomic E-state index is 13.5. The number of hydrogen-bond donors (Lipinski definition) is 1. The summed E-state index contributed by atoms with van der Waals surface area (Å²) in [6.45, 7) is 0.801. The summed E-state index contributed by atoms with van der Waals surface area (Å²) in [7, 11) is 0. The first-order valence-electron chi connectivity index (χ1n) is 7.85. The maximum atomic E-state index is 13.5. The SMILES string of the molecule is CC(O)(C1=C(/C=C/c2ccc(Cl)cc2)Cc2cc(Br)ccc21)C(F)(F)F. The zero-order chi connectivity index (χ0) is 19.1. The second kappa shape index (κ2) is 6.87. The lowest BCUT2D eigenvalue weighted by molar-refractivity contribution is -0.227. The summed E-state index contributed by atoms with van der Waals surface area (Å²) in [5.74, 6) is 0. The Bertz CT molecular complexity index is 896. The molecule has 1 atom stereocenters. The van der Waals surface area contributed by atoms with Gasteiger partial charge in [0.2, 0.25) is 0 Å². The third-order valence-corrected chi connectivity index (χ3v) is 5.17. The van der Waals surface area contributed by atoms with Crippen molar-refractivity contribution in [1.29, 1.82) is 0 Å². The summed E-state index contributed by atoms with van der Waals surface area (Å²) in [6.07, 6.45) is -1.11. The summed E-state index contributed by atoms with van der Waals surface area (Å²) in [5, 5.41) is 10.9. The first-order valence-corrected chi connectivity index (χ1v) is 9.02. The van der Waals surface area contributed by atoms with Gasteiger partial charge in [0, 0.05) is 15.1 Å². The minimum absolute atomic E-state index is 0.0993. The Kier molecular flexibility index (Phi) is 5.08. The predicted octanol–water partition coefficient (Wildman–Crippen LogP) is 6.44. The summed E-state index contributed by atoms with van der Waals surface area (Å²) >= 11 is 9.20. The topological polar surface area (TPSA) is 20.2 Å². The molecule has 0 spiro atoms. The Morgan fingerprint density at radius 3 is 2.35 bits per heavy atom. The van der Waals surface area contributed by atoms with Crippen LogP contribution >= 0.6 is 27.5 Å². The first kappa shape index (κ1) is 19.2. The lowest BCUT2D eigenvalue weighted by atomic mass is 9.88. The smallest absolute Gasteiger partial charge is 0.376 e. The molecule has 0 radical (unpaired) electrons. The molecule has 2 aromatic rings. The average molecular weight is 444 g/mol. The maximum Gasteiger partial charge on any atom is 0.421 e. The molecule has 26 heavy (non-hydrogen) atoms. The molecular weight excluding hydrogens is 429 g/mol. The van der Waals surface area contributed by atoms with E-state index in [-0.39, 0.29) is 5.57 Å². The number of aliphatic hydroxyl groups is 1. The fourth-order valence-electron chi connectivity index (χ4n) is 3.05. The summed E-state index contributed by atoms with van der Waals surface area (Å²) in [5.41, 5.74) is -0.620. The molecule has 1 aliphatic rings. The van der Waals surface area contributed by atoms with Crippen molar-refractivity contribution in [3.8, 4) is 0 Å². The Hall–Kier alpha value is -1.56. The molecule has 6 heteroatoms. The van der Waals surface area contributed by atoms with Gasteiger partial charge >= 0.3 is 6.18 Å². The van der Waals surface area contributed by atoms with Crippen molar-refractivity contribution in [3.05, 3.63) is 80.3 Å². The van der Waals surface area contributed by atoms with Gasteiger partial charge in [0.1, 0.15) is 0 Å². The van der Waals surface area contributed by atoms with E-state index in [0.29, 0.717) is 22.6 Å². The van der Waals surface area contributed by atoms with Gasteiger partial charge < -0.3 is 5.11 Å². The molecule has 2 aromatic carbocycles. The van der Waals surface area contributed by atoms with Crippen molar-refractivity contribution in [1.82, 2.24) is 0 Å². The van der Waals surface area contributed by atoms with Crippen molar-refractivity contribution in [2.45, 2.75) is 25.1 Å². The van der Waals surface area contributed by atoms with Crippen molar-refractivity contribution in [2.75, 3.05) is 0 Å². The van der Waals surface area contributed by atoms with Gasteiger partial charge in [-0.3, -0.25) is 0 Å². The van der Waals surface area contributed by atoms with Gasteiger partial charge in [-0.25, -0.2) is 0 Å². The van der Waals surface area contributed by atoms with Gasteiger partial charge in [0.15, 0.2) is 5.60 Å². The van der Waals surface area contributed by atoms with Crippen LogP contribution in [0.2, 0.25) is 5.02 Å². The molecule has 1 aliphatic carbocycles. The third-order valence-electron chi connectivity index (χ3n) is 4.42. The van der Waals surface area contributed by atoms with Gasteiger partial charge in [-0.05, 0) is 59.9 Å². The minimum atomic E-state index is -4.78. The van der Waals surface area contributed by atoms with Crippen LogP contribution in [0.15, 0.2) is 58.6 Å². The molecule has 3 rings (SSSR count). The molecule has 0 aromatic heterocycles. The molecular formula is C20H15BrClF3O. The van der Waals surface area contributed by atoms with Gasteiger partial charge in [0.05, 0.1) is 0 Å². The number of fused-ring (bicyclic) bond motifs is 1. The van der Waals surface area contributed by atoms with E-state index < -0.39 is 11.8 Å². The molecule has 1 N–H and O–H groups in total. The molecule has 0 heterocycles. The molecule has 136 valence electrons. The van der Waals surface area contributed by atoms with Crippen LogP contribution in [0.4, 0.5) is 13.2 Å². The number of hydrogen-bond acceptors (Lipinski definition) is 1. The van der Waals surface area contributed by atoms with Crippen molar-refractivity contribution in [2.24, 2.45) is 0 Å². The van der Waals surface area contributed by atoms with Gasteiger partial charge in [-0.1, -0.05) is 57.9 Å². The van der Waals surface area contributed by atoms with E-state index in [1.54, 1.807) is 54.6 Å². The summed E-state index contributed by atoms with van der Waals surface area (Å²) in [4.78, 5) is 0. The number of halogens is 5. The van der Waals surface area contributed by atoms with Crippen LogP contribution in [-0.2, 0) is 6.42 Å². The lowest BCUT2D eigenvalue weighted by Gasteiger charge is -2.29. The van der Waals surface area contributed by atoms with E-state index in [1.807, 2.05) is 0 Å². The standard InChI is InChI=1S/C20H15BrClF3O/c1-19(26,20(23,24)25)18-13(5-2-12-3-7-16(22)8-4-12)10-14-11-15(21)6-9-17(14)18/h2-9,11,26H,10H2,1H3/b5-2+. The highest BCUT2D eigenvalue weighted by Gasteiger charge is 2.54. The normalized spacial score (nSPS) is 16.9. The third kappa shape index (κ3) is 3.61. The van der Waals surface area contributed by atoms with Crippen molar-refractivity contribution in [3.63, 3.8) is 0 Å². The van der Waals surface area contributed by atoms with E-state index in [4.69, 9.17) is 11.6 Å². The van der Waals surface area contributed by atoms with Gasteiger partial charge in [0.25, 0.3) is 0 Å². The lowest BCUT2D eigenvalue weighted by Crippen LogP contribution is -2.43.